The largest absolute Gasteiger partial charge is 0.377 e. The van der Waals surface area contributed by atoms with Gasteiger partial charge in [-0.2, -0.15) is 0 Å². The molecule has 0 radical (unpaired) electrons. The average molecular weight is 197 g/mol. The van der Waals surface area contributed by atoms with E-state index in [1.807, 2.05) is 13.8 Å². The molecule has 0 saturated heterocycles. The number of nitrogens with one attached hydrogen (secondary N) is 1. The molecule has 1 heterocycles. The quantitative estimate of drug-likeness (QED) is 0.779. The first-order valence-corrected chi connectivity index (χ1v) is 4.61. The lowest BCUT2D eigenvalue weighted by molar-refractivity contribution is 0.0776. The monoisotopic (exact) mass is 197 g/mol. The van der Waals surface area contributed by atoms with Gasteiger partial charge in [0.2, 0.25) is 0 Å². The maximum absolute atomic E-state index is 11.4. The molecule has 5 heteroatoms. The Hall–Kier alpha value is -1.36. The minimum atomic E-state index is -0.186. The van der Waals surface area contributed by atoms with Crippen LogP contribution in [0.5, 0.6) is 0 Å². The second-order valence-corrected chi connectivity index (χ2v) is 2.92. The smallest absolute Gasteiger partial charge is 0.326 e. The lowest BCUT2D eigenvalue weighted by atomic mass is 10.4. The van der Waals surface area contributed by atoms with Crippen LogP contribution in [0.3, 0.4) is 0 Å². The Morgan fingerprint density at radius 3 is 3.07 bits per heavy atom. The van der Waals surface area contributed by atoms with Crippen LogP contribution in [-0.4, -0.2) is 34.8 Å². The van der Waals surface area contributed by atoms with E-state index in [1.54, 1.807) is 12.4 Å². The van der Waals surface area contributed by atoms with Crippen LogP contribution in [0.4, 0.5) is 4.79 Å². The second-order valence-electron chi connectivity index (χ2n) is 2.92. The van der Waals surface area contributed by atoms with Crippen molar-refractivity contribution in [3.63, 3.8) is 0 Å². The fraction of sp³-hybridized carbons (Fsp3) is 0.556. The van der Waals surface area contributed by atoms with Gasteiger partial charge >= 0.3 is 6.03 Å². The SMILES string of the molecule is CCOC(C)CNC(=O)n1ccnc1. The van der Waals surface area contributed by atoms with E-state index in [-0.39, 0.29) is 12.1 Å². The average Bonchev–Trinajstić information content (AvgIpc) is 2.67. The van der Waals surface area contributed by atoms with Gasteiger partial charge in [0.1, 0.15) is 6.33 Å². The van der Waals surface area contributed by atoms with Gasteiger partial charge in [-0.05, 0) is 13.8 Å². The Bertz CT molecular complexity index is 272. The van der Waals surface area contributed by atoms with E-state index >= 15 is 0 Å². The molecule has 1 rings (SSSR count). The number of amides is 1. The van der Waals surface area contributed by atoms with Crippen LogP contribution in [0.1, 0.15) is 13.8 Å². The Balaban J connectivity index is 2.28. The Labute approximate surface area is 83.1 Å². The standard InChI is InChI=1S/C9H15N3O2/c1-3-14-8(2)6-11-9(13)12-5-4-10-7-12/h4-5,7-8H,3,6H2,1-2H3,(H,11,13). The summed E-state index contributed by atoms with van der Waals surface area (Å²) in [4.78, 5) is 15.1. The van der Waals surface area contributed by atoms with Gasteiger partial charge in [0, 0.05) is 25.5 Å². The first kappa shape index (κ1) is 10.7. The maximum Gasteiger partial charge on any atom is 0.326 e. The maximum atomic E-state index is 11.4. The van der Waals surface area contributed by atoms with Crippen molar-refractivity contribution in [1.29, 1.82) is 0 Å². The number of imidazole rings is 1. The number of hydrogen-bond acceptors (Lipinski definition) is 3. The zero-order chi connectivity index (χ0) is 10.4. The van der Waals surface area contributed by atoms with Gasteiger partial charge < -0.3 is 10.1 Å². The highest BCUT2D eigenvalue weighted by Crippen LogP contribution is 1.89. The third-order valence-corrected chi connectivity index (χ3v) is 1.73. The van der Waals surface area contributed by atoms with E-state index in [4.69, 9.17) is 4.74 Å². The van der Waals surface area contributed by atoms with Crippen LogP contribution in [0.25, 0.3) is 0 Å². The van der Waals surface area contributed by atoms with E-state index in [2.05, 4.69) is 10.3 Å². The molecule has 14 heavy (non-hydrogen) atoms. The molecule has 1 N–H and O–H groups in total. The van der Waals surface area contributed by atoms with Gasteiger partial charge in [-0.25, -0.2) is 9.78 Å². The third kappa shape index (κ3) is 3.18. The highest BCUT2D eigenvalue weighted by Gasteiger charge is 2.05. The van der Waals surface area contributed by atoms with E-state index < -0.39 is 0 Å². The molecule has 0 aliphatic carbocycles. The first-order chi connectivity index (χ1) is 6.74. The van der Waals surface area contributed by atoms with Gasteiger partial charge in [-0.15, -0.1) is 0 Å². The molecule has 0 aromatic carbocycles. The zero-order valence-corrected chi connectivity index (χ0v) is 8.43. The molecule has 0 saturated carbocycles. The van der Waals surface area contributed by atoms with Gasteiger partial charge in [0.25, 0.3) is 0 Å². The molecule has 0 spiro atoms. The summed E-state index contributed by atoms with van der Waals surface area (Å²) in [5.74, 6) is 0. The van der Waals surface area contributed by atoms with Crippen molar-refractivity contribution >= 4 is 6.03 Å². The molecule has 0 aliphatic rings. The lowest BCUT2D eigenvalue weighted by Gasteiger charge is -2.12. The fourth-order valence-corrected chi connectivity index (χ4v) is 1.05. The summed E-state index contributed by atoms with van der Waals surface area (Å²) in [6.45, 7) is 5.00. The summed E-state index contributed by atoms with van der Waals surface area (Å²) in [6.07, 6.45) is 4.65. The van der Waals surface area contributed by atoms with Crippen molar-refractivity contribution in [3.8, 4) is 0 Å². The Morgan fingerprint density at radius 1 is 1.71 bits per heavy atom. The summed E-state index contributed by atoms with van der Waals surface area (Å²) < 4.78 is 6.66. The molecule has 1 aromatic rings. The summed E-state index contributed by atoms with van der Waals surface area (Å²) in [5.41, 5.74) is 0. The van der Waals surface area contributed by atoms with E-state index in [0.717, 1.165) is 0 Å². The summed E-state index contributed by atoms with van der Waals surface area (Å²) in [7, 11) is 0. The number of carbonyl (C=O) groups is 1. The molecular weight excluding hydrogens is 182 g/mol. The highest BCUT2D eigenvalue weighted by atomic mass is 16.5. The van der Waals surface area contributed by atoms with Crippen LogP contribution < -0.4 is 5.32 Å². The number of ether oxygens (including phenoxy) is 1. The summed E-state index contributed by atoms with van der Waals surface area (Å²) >= 11 is 0. The van der Waals surface area contributed by atoms with Gasteiger partial charge in [0.05, 0.1) is 6.10 Å². The zero-order valence-electron chi connectivity index (χ0n) is 8.43. The van der Waals surface area contributed by atoms with Crippen LogP contribution in [0, 0.1) is 0 Å². The van der Waals surface area contributed by atoms with Crippen molar-refractivity contribution in [1.82, 2.24) is 14.9 Å². The number of nitrogens with zero attached hydrogens (tertiary/aromatic N) is 2. The van der Waals surface area contributed by atoms with Crippen molar-refractivity contribution in [2.75, 3.05) is 13.2 Å². The van der Waals surface area contributed by atoms with E-state index in [1.165, 1.54) is 10.9 Å². The van der Waals surface area contributed by atoms with Crippen LogP contribution >= 0.6 is 0 Å². The molecule has 0 bridgehead atoms. The van der Waals surface area contributed by atoms with Crippen LogP contribution in [-0.2, 0) is 4.74 Å². The van der Waals surface area contributed by atoms with Gasteiger partial charge in [-0.1, -0.05) is 0 Å². The van der Waals surface area contributed by atoms with Crippen molar-refractivity contribution < 1.29 is 9.53 Å². The third-order valence-electron chi connectivity index (χ3n) is 1.73. The summed E-state index contributed by atoms with van der Waals surface area (Å²) in [6, 6.07) is -0.186. The van der Waals surface area contributed by atoms with Gasteiger partial charge in [-0.3, -0.25) is 4.57 Å². The Morgan fingerprint density at radius 2 is 2.50 bits per heavy atom. The molecule has 0 aliphatic heterocycles. The predicted molar refractivity (Wildman–Crippen MR) is 52.1 cm³/mol. The highest BCUT2D eigenvalue weighted by molar-refractivity contribution is 5.76. The molecule has 1 aromatic heterocycles. The molecule has 5 nitrogen and oxygen atoms in total. The predicted octanol–water partition coefficient (Wildman–Crippen LogP) is 0.866. The van der Waals surface area contributed by atoms with E-state index in [0.29, 0.717) is 13.2 Å². The van der Waals surface area contributed by atoms with Crippen LogP contribution in [0.15, 0.2) is 18.7 Å². The Kier molecular flexibility index (Phi) is 4.12. The number of rotatable bonds is 4. The molecule has 1 atom stereocenters. The first-order valence-electron chi connectivity index (χ1n) is 4.61. The molecule has 1 unspecified atom stereocenters. The van der Waals surface area contributed by atoms with Crippen molar-refractivity contribution in [2.24, 2.45) is 0 Å². The molecular formula is C9H15N3O2. The van der Waals surface area contributed by atoms with Gasteiger partial charge in [0.15, 0.2) is 0 Å². The summed E-state index contributed by atoms with van der Waals surface area (Å²) in [5, 5.41) is 2.73. The van der Waals surface area contributed by atoms with Crippen LogP contribution in [0.2, 0.25) is 0 Å². The number of carbonyl (C=O) groups excluding carboxylic acids is 1. The topological polar surface area (TPSA) is 56.1 Å². The van der Waals surface area contributed by atoms with Crippen molar-refractivity contribution in [3.05, 3.63) is 18.7 Å². The molecule has 1 amide bonds. The number of aromatic nitrogens is 2. The fourth-order valence-electron chi connectivity index (χ4n) is 1.05. The second kappa shape index (κ2) is 5.39. The minimum absolute atomic E-state index is 0.0347. The van der Waals surface area contributed by atoms with E-state index in [9.17, 15) is 4.79 Å². The molecule has 78 valence electrons. The lowest BCUT2D eigenvalue weighted by Crippen LogP contribution is -2.34. The molecule has 0 fully saturated rings. The number of hydrogen-bond donors (Lipinski definition) is 1. The normalized spacial score (nSPS) is 12.4. The van der Waals surface area contributed by atoms with Crippen molar-refractivity contribution in [2.45, 2.75) is 20.0 Å². The minimum Gasteiger partial charge on any atom is -0.377 e.